The van der Waals surface area contributed by atoms with Gasteiger partial charge in [0.15, 0.2) is 0 Å². The summed E-state index contributed by atoms with van der Waals surface area (Å²) in [5.74, 6) is -6.59. The molecule has 0 saturated carbocycles. The zero-order valence-electron chi connectivity index (χ0n) is 20.8. The molecule has 0 aliphatic carbocycles. The number of carboxylic acid groups (broad SMARTS) is 3. The van der Waals surface area contributed by atoms with Gasteiger partial charge in [-0.1, -0.05) is 30.3 Å². The van der Waals surface area contributed by atoms with E-state index in [4.69, 9.17) is 21.7 Å². The number of unbranched alkanes of at least 4 members (excludes halogenated alkanes) is 1. The second-order valence-electron chi connectivity index (χ2n) is 8.63. The van der Waals surface area contributed by atoms with Crippen molar-refractivity contribution in [1.82, 2.24) is 16.0 Å². The van der Waals surface area contributed by atoms with Gasteiger partial charge in [-0.3, -0.25) is 24.0 Å². The molecule has 1 rings (SSSR count). The van der Waals surface area contributed by atoms with E-state index in [-0.39, 0.29) is 25.7 Å². The second-order valence-corrected chi connectivity index (χ2v) is 8.63. The molecule has 0 aromatic heterocycles. The highest BCUT2D eigenvalue weighted by Gasteiger charge is 2.31. The van der Waals surface area contributed by atoms with Crippen LogP contribution in [0.1, 0.15) is 44.1 Å². The van der Waals surface area contributed by atoms with Gasteiger partial charge in [0, 0.05) is 12.8 Å². The molecule has 14 nitrogen and oxygen atoms in total. The first-order valence-electron chi connectivity index (χ1n) is 12.0. The SMILES string of the molecule is NCCCCC(NC(=O)C(N)CCC(=O)O)C(=O)NC(Cc1ccccc1)C(=O)NC(CC(=O)O)C(=O)O. The molecule has 14 heteroatoms. The van der Waals surface area contributed by atoms with Gasteiger partial charge in [-0.05, 0) is 37.8 Å². The topological polar surface area (TPSA) is 251 Å². The number of amides is 3. The largest absolute Gasteiger partial charge is 0.481 e. The summed E-state index contributed by atoms with van der Waals surface area (Å²) in [7, 11) is 0. The van der Waals surface area contributed by atoms with Gasteiger partial charge in [-0.2, -0.15) is 0 Å². The van der Waals surface area contributed by atoms with Crippen LogP contribution in [0.2, 0.25) is 0 Å². The summed E-state index contributed by atoms with van der Waals surface area (Å²) in [6, 6.07) is 3.12. The Balaban J connectivity index is 3.10. The lowest BCUT2D eigenvalue weighted by Crippen LogP contribution is -2.57. The van der Waals surface area contributed by atoms with Crippen LogP contribution in [-0.2, 0) is 35.2 Å². The molecule has 0 radical (unpaired) electrons. The van der Waals surface area contributed by atoms with E-state index in [1.165, 1.54) is 0 Å². The zero-order chi connectivity index (χ0) is 28.7. The molecule has 0 fully saturated rings. The van der Waals surface area contributed by atoms with E-state index in [9.17, 15) is 33.9 Å². The molecule has 0 heterocycles. The molecule has 0 aliphatic heterocycles. The average Bonchev–Trinajstić information content (AvgIpc) is 2.85. The molecule has 0 bridgehead atoms. The molecule has 210 valence electrons. The van der Waals surface area contributed by atoms with Crippen molar-refractivity contribution in [3.05, 3.63) is 35.9 Å². The zero-order valence-corrected chi connectivity index (χ0v) is 20.8. The highest BCUT2D eigenvalue weighted by molar-refractivity contribution is 5.94. The summed E-state index contributed by atoms with van der Waals surface area (Å²) in [5, 5.41) is 34.2. The standard InChI is InChI=1S/C24H35N5O9/c25-11-5-4-8-16(27-21(34)15(26)9-10-19(30)31)22(35)28-17(12-14-6-2-1-3-7-14)23(36)29-18(24(37)38)13-20(32)33/h1-3,6-7,15-18H,4-5,8-13,25-26H2,(H,27,34)(H,28,35)(H,29,36)(H,30,31)(H,32,33)(H,37,38). The van der Waals surface area contributed by atoms with Crippen LogP contribution in [0.15, 0.2) is 30.3 Å². The van der Waals surface area contributed by atoms with Gasteiger partial charge in [-0.25, -0.2) is 4.79 Å². The van der Waals surface area contributed by atoms with Crippen LogP contribution < -0.4 is 27.4 Å². The van der Waals surface area contributed by atoms with E-state index in [1.54, 1.807) is 30.3 Å². The molecule has 0 spiro atoms. The van der Waals surface area contributed by atoms with E-state index >= 15 is 0 Å². The van der Waals surface area contributed by atoms with Crippen molar-refractivity contribution < 1.29 is 44.1 Å². The summed E-state index contributed by atoms with van der Waals surface area (Å²) in [6.07, 6.45) is -0.325. The van der Waals surface area contributed by atoms with Crippen LogP contribution in [0.25, 0.3) is 0 Å². The van der Waals surface area contributed by atoms with Crippen LogP contribution in [-0.4, -0.2) is 81.7 Å². The lowest BCUT2D eigenvalue weighted by molar-refractivity contribution is -0.147. The highest BCUT2D eigenvalue weighted by atomic mass is 16.4. The van der Waals surface area contributed by atoms with E-state index in [1.807, 2.05) is 0 Å². The van der Waals surface area contributed by atoms with E-state index in [0.717, 1.165) is 0 Å². The van der Waals surface area contributed by atoms with E-state index < -0.39 is 66.2 Å². The first-order chi connectivity index (χ1) is 17.9. The second kappa shape index (κ2) is 16.7. The molecule has 10 N–H and O–H groups in total. The summed E-state index contributed by atoms with van der Waals surface area (Å²) >= 11 is 0. The number of hydrogen-bond acceptors (Lipinski definition) is 8. The van der Waals surface area contributed by atoms with Gasteiger partial charge in [0.25, 0.3) is 0 Å². The monoisotopic (exact) mass is 537 g/mol. The maximum absolute atomic E-state index is 13.2. The minimum absolute atomic E-state index is 0.0561. The third-order valence-corrected chi connectivity index (χ3v) is 5.49. The Bertz CT molecular complexity index is 973. The maximum Gasteiger partial charge on any atom is 0.326 e. The fourth-order valence-electron chi connectivity index (χ4n) is 3.43. The molecule has 38 heavy (non-hydrogen) atoms. The normalized spacial score (nSPS) is 13.8. The highest BCUT2D eigenvalue weighted by Crippen LogP contribution is 2.08. The molecular weight excluding hydrogens is 502 g/mol. The van der Waals surface area contributed by atoms with Crippen LogP contribution >= 0.6 is 0 Å². The molecular formula is C24H35N5O9. The van der Waals surface area contributed by atoms with Crippen LogP contribution in [0, 0.1) is 0 Å². The number of benzene rings is 1. The summed E-state index contributed by atoms with van der Waals surface area (Å²) < 4.78 is 0. The molecule has 4 atom stereocenters. The van der Waals surface area contributed by atoms with Crippen molar-refractivity contribution in [3.8, 4) is 0 Å². The molecule has 3 amide bonds. The Hall–Kier alpha value is -4.04. The Morgan fingerprint density at radius 3 is 1.87 bits per heavy atom. The van der Waals surface area contributed by atoms with Crippen LogP contribution in [0.3, 0.4) is 0 Å². The van der Waals surface area contributed by atoms with Gasteiger partial charge in [0.1, 0.15) is 18.1 Å². The summed E-state index contributed by atoms with van der Waals surface area (Å²) in [4.78, 5) is 71.9. The van der Waals surface area contributed by atoms with Crippen LogP contribution in [0.4, 0.5) is 0 Å². The Kier molecular flexibility index (Phi) is 14.0. The smallest absolute Gasteiger partial charge is 0.326 e. The van der Waals surface area contributed by atoms with Gasteiger partial charge in [0.05, 0.1) is 12.5 Å². The third kappa shape index (κ3) is 12.3. The first kappa shape index (κ1) is 32.0. The van der Waals surface area contributed by atoms with Crippen molar-refractivity contribution in [2.75, 3.05) is 6.54 Å². The average molecular weight is 538 g/mol. The number of nitrogens with one attached hydrogen (secondary N) is 3. The number of carboxylic acids is 3. The lowest BCUT2D eigenvalue weighted by atomic mass is 10.0. The fraction of sp³-hybridized carbons (Fsp3) is 0.500. The number of aliphatic carboxylic acids is 3. The number of nitrogens with two attached hydrogens (primary N) is 2. The Labute approximate surface area is 219 Å². The van der Waals surface area contributed by atoms with Crippen molar-refractivity contribution in [1.29, 1.82) is 0 Å². The van der Waals surface area contributed by atoms with E-state index in [2.05, 4.69) is 16.0 Å². The molecule has 4 unspecified atom stereocenters. The van der Waals surface area contributed by atoms with Crippen molar-refractivity contribution in [2.24, 2.45) is 11.5 Å². The minimum atomic E-state index is -1.73. The predicted molar refractivity (Wildman–Crippen MR) is 134 cm³/mol. The number of hydrogen-bond donors (Lipinski definition) is 8. The quantitative estimate of drug-likeness (QED) is 0.101. The Morgan fingerprint density at radius 2 is 1.32 bits per heavy atom. The third-order valence-electron chi connectivity index (χ3n) is 5.49. The summed E-state index contributed by atoms with van der Waals surface area (Å²) in [6.45, 7) is 0.333. The molecule has 1 aromatic carbocycles. The van der Waals surface area contributed by atoms with Crippen molar-refractivity contribution in [2.45, 2.75) is 69.1 Å². The van der Waals surface area contributed by atoms with Gasteiger partial charge < -0.3 is 42.7 Å². The van der Waals surface area contributed by atoms with Crippen molar-refractivity contribution in [3.63, 3.8) is 0 Å². The van der Waals surface area contributed by atoms with Gasteiger partial charge in [0.2, 0.25) is 17.7 Å². The number of carbonyl (C=O) groups is 6. The fourth-order valence-corrected chi connectivity index (χ4v) is 3.43. The summed E-state index contributed by atoms with van der Waals surface area (Å²) in [5.41, 5.74) is 11.9. The number of rotatable bonds is 18. The van der Waals surface area contributed by atoms with Crippen molar-refractivity contribution >= 4 is 35.6 Å². The maximum atomic E-state index is 13.2. The lowest BCUT2D eigenvalue weighted by Gasteiger charge is -2.25. The molecule has 0 saturated heterocycles. The number of carbonyl (C=O) groups excluding carboxylic acids is 3. The minimum Gasteiger partial charge on any atom is -0.481 e. The first-order valence-corrected chi connectivity index (χ1v) is 12.0. The molecule has 0 aliphatic rings. The van der Waals surface area contributed by atoms with Gasteiger partial charge >= 0.3 is 17.9 Å². The van der Waals surface area contributed by atoms with Crippen LogP contribution in [0.5, 0.6) is 0 Å². The van der Waals surface area contributed by atoms with Gasteiger partial charge in [-0.15, -0.1) is 0 Å². The van der Waals surface area contributed by atoms with E-state index in [0.29, 0.717) is 24.9 Å². The Morgan fingerprint density at radius 1 is 0.737 bits per heavy atom. The molecule has 1 aromatic rings. The predicted octanol–water partition coefficient (Wildman–Crippen LogP) is -1.44.